The molecule has 0 bridgehead atoms. The molecular formula is C22H24N2O5S. The fraction of sp³-hybridized carbons (Fsp3) is 0.273. The topological polar surface area (TPSA) is 81.0 Å². The summed E-state index contributed by atoms with van der Waals surface area (Å²) in [5.74, 6) is 1.23. The van der Waals surface area contributed by atoms with Crippen molar-refractivity contribution >= 4 is 10.0 Å². The van der Waals surface area contributed by atoms with Gasteiger partial charge < -0.3 is 9.15 Å². The molecule has 2 aromatic carbocycles. The van der Waals surface area contributed by atoms with Crippen LogP contribution in [0, 0.1) is 0 Å². The molecule has 1 aromatic heterocycles. The van der Waals surface area contributed by atoms with Crippen LogP contribution in [0.15, 0.2) is 77.4 Å². The number of nitrogens with zero attached hydrogens (tertiary/aromatic N) is 1. The number of rotatable bonds is 8. The normalized spacial score (nSPS) is 19.8. The minimum atomic E-state index is -3.65. The number of hydrogen-bond donors (Lipinski definition) is 1. The maximum atomic E-state index is 13.0. The average molecular weight is 429 g/mol. The summed E-state index contributed by atoms with van der Waals surface area (Å²) in [5.41, 5.74) is 1.88. The van der Waals surface area contributed by atoms with Crippen LogP contribution in [0.5, 0.6) is 5.75 Å². The van der Waals surface area contributed by atoms with Crippen LogP contribution in [0.1, 0.15) is 22.9 Å². The predicted molar refractivity (Wildman–Crippen MR) is 112 cm³/mol. The smallest absolute Gasteiger partial charge is 0.219 e. The molecule has 30 heavy (non-hydrogen) atoms. The SMILES string of the molecule is CN1OCC(S(=O)(=O)NCc2ccco2)C1c1cccc(OCc2ccccc2)c1. The van der Waals surface area contributed by atoms with E-state index in [1.807, 2.05) is 54.6 Å². The summed E-state index contributed by atoms with van der Waals surface area (Å²) in [5, 5.41) is 0.828. The van der Waals surface area contributed by atoms with Crippen LogP contribution in [0.2, 0.25) is 0 Å². The van der Waals surface area contributed by atoms with Gasteiger partial charge in [0.25, 0.3) is 0 Å². The number of ether oxygens (including phenoxy) is 1. The molecule has 0 aliphatic carbocycles. The van der Waals surface area contributed by atoms with Crippen molar-refractivity contribution in [2.24, 2.45) is 0 Å². The fourth-order valence-corrected chi connectivity index (χ4v) is 4.97. The first kappa shape index (κ1) is 20.6. The maximum Gasteiger partial charge on any atom is 0.219 e. The Morgan fingerprint density at radius 1 is 1.10 bits per heavy atom. The molecule has 2 atom stereocenters. The molecule has 1 N–H and O–H groups in total. The standard InChI is InChI=1S/C22H24N2O5S/c1-24-22(21(16-29-24)30(25,26)23-14-20-11-6-12-27-20)18-9-5-10-19(13-18)28-15-17-7-3-2-4-8-17/h2-13,21-23H,14-16H2,1H3. The predicted octanol–water partition coefficient (Wildman–Crippen LogP) is 3.26. The van der Waals surface area contributed by atoms with Crippen molar-refractivity contribution in [1.29, 1.82) is 0 Å². The van der Waals surface area contributed by atoms with Gasteiger partial charge >= 0.3 is 0 Å². The van der Waals surface area contributed by atoms with Crippen molar-refractivity contribution in [3.05, 3.63) is 89.9 Å². The third kappa shape index (κ3) is 4.73. The Bertz CT molecular complexity index is 1050. The minimum Gasteiger partial charge on any atom is -0.489 e. The second kappa shape index (κ2) is 9.01. The lowest BCUT2D eigenvalue weighted by molar-refractivity contribution is -0.110. The van der Waals surface area contributed by atoms with E-state index in [9.17, 15) is 8.42 Å². The van der Waals surface area contributed by atoms with Gasteiger partial charge in [-0.1, -0.05) is 42.5 Å². The molecule has 2 unspecified atom stereocenters. The fourth-order valence-electron chi connectivity index (χ4n) is 3.50. The van der Waals surface area contributed by atoms with E-state index in [2.05, 4.69) is 4.72 Å². The van der Waals surface area contributed by atoms with Gasteiger partial charge in [0, 0.05) is 7.05 Å². The lowest BCUT2D eigenvalue weighted by Gasteiger charge is -2.23. The van der Waals surface area contributed by atoms with E-state index in [0.29, 0.717) is 18.1 Å². The molecular weight excluding hydrogens is 404 g/mol. The van der Waals surface area contributed by atoms with Gasteiger partial charge in [0.05, 0.1) is 25.5 Å². The van der Waals surface area contributed by atoms with Crippen molar-refractivity contribution in [3.8, 4) is 5.75 Å². The third-order valence-electron chi connectivity index (χ3n) is 5.06. The van der Waals surface area contributed by atoms with Gasteiger partial charge in [-0.3, -0.25) is 4.84 Å². The highest BCUT2D eigenvalue weighted by molar-refractivity contribution is 7.90. The second-order valence-corrected chi connectivity index (χ2v) is 9.10. The molecule has 7 nitrogen and oxygen atoms in total. The minimum absolute atomic E-state index is 0.0732. The Morgan fingerprint density at radius 3 is 2.70 bits per heavy atom. The highest BCUT2D eigenvalue weighted by Crippen LogP contribution is 2.34. The van der Waals surface area contributed by atoms with Gasteiger partial charge in [0.1, 0.15) is 23.4 Å². The maximum absolute atomic E-state index is 13.0. The molecule has 158 valence electrons. The van der Waals surface area contributed by atoms with Gasteiger partial charge in [0.2, 0.25) is 10.0 Å². The highest BCUT2D eigenvalue weighted by Gasteiger charge is 2.43. The molecule has 1 saturated heterocycles. The monoisotopic (exact) mass is 428 g/mol. The Balaban J connectivity index is 1.49. The molecule has 1 fully saturated rings. The zero-order chi connectivity index (χ0) is 21.0. The van der Waals surface area contributed by atoms with Gasteiger partial charge in [-0.05, 0) is 35.4 Å². The molecule has 2 heterocycles. The Hall–Kier alpha value is -2.65. The summed E-state index contributed by atoms with van der Waals surface area (Å²) in [7, 11) is -1.91. The molecule has 4 rings (SSSR count). The highest BCUT2D eigenvalue weighted by atomic mass is 32.2. The largest absolute Gasteiger partial charge is 0.489 e. The van der Waals surface area contributed by atoms with Crippen molar-refractivity contribution in [1.82, 2.24) is 9.79 Å². The summed E-state index contributed by atoms with van der Waals surface area (Å²) >= 11 is 0. The Morgan fingerprint density at radius 2 is 1.93 bits per heavy atom. The van der Waals surface area contributed by atoms with Crippen LogP contribution in [-0.2, 0) is 28.0 Å². The summed E-state index contributed by atoms with van der Waals surface area (Å²) in [6.45, 7) is 0.611. The summed E-state index contributed by atoms with van der Waals surface area (Å²) in [6, 6.07) is 20.4. The van der Waals surface area contributed by atoms with Crippen molar-refractivity contribution in [2.75, 3.05) is 13.7 Å². The summed E-state index contributed by atoms with van der Waals surface area (Å²) < 4.78 is 39.7. The molecule has 0 spiro atoms. The Labute approximate surface area is 176 Å². The van der Waals surface area contributed by atoms with E-state index in [1.54, 1.807) is 24.2 Å². The first-order valence-electron chi connectivity index (χ1n) is 9.66. The van der Waals surface area contributed by atoms with Crippen LogP contribution in [-0.4, -0.2) is 32.4 Å². The number of sulfonamides is 1. The van der Waals surface area contributed by atoms with E-state index in [1.165, 1.54) is 6.26 Å². The third-order valence-corrected chi connectivity index (χ3v) is 6.80. The zero-order valence-electron chi connectivity index (χ0n) is 16.6. The number of nitrogens with one attached hydrogen (secondary N) is 1. The lowest BCUT2D eigenvalue weighted by atomic mass is 10.0. The van der Waals surface area contributed by atoms with Gasteiger partial charge in [-0.25, -0.2) is 13.1 Å². The number of furan rings is 1. The quantitative estimate of drug-likeness (QED) is 0.593. The second-order valence-electron chi connectivity index (χ2n) is 7.12. The van der Waals surface area contributed by atoms with Crippen molar-refractivity contribution in [2.45, 2.75) is 24.4 Å². The van der Waals surface area contributed by atoms with Crippen LogP contribution in [0.4, 0.5) is 0 Å². The molecule has 8 heteroatoms. The number of benzene rings is 2. The van der Waals surface area contributed by atoms with Crippen molar-refractivity contribution in [3.63, 3.8) is 0 Å². The van der Waals surface area contributed by atoms with E-state index >= 15 is 0 Å². The number of hydrogen-bond acceptors (Lipinski definition) is 6. The summed E-state index contributed by atoms with van der Waals surface area (Å²) in [6.07, 6.45) is 1.51. The van der Waals surface area contributed by atoms with Crippen LogP contribution < -0.4 is 9.46 Å². The molecule has 0 amide bonds. The molecule has 1 aliphatic heterocycles. The zero-order valence-corrected chi connectivity index (χ0v) is 17.4. The van der Waals surface area contributed by atoms with E-state index in [0.717, 1.165) is 11.1 Å². The van der Waals surface area contributed by atoms with Gasteiger partial charge in [-0.15, -0.1) is 0 Å². The van der Waals surface area contributed by atoms with Crippen molar-refractivity contribution < 1.29 is 22.4 Å². The van der Waals surface area contributed by atoms with Gasteiger partial charge in [0.15, 0.2) is 0 Å². The molecule has 1 aliphatic rings. The van der Waals surface area contributed by atoms with Gasteiger partial charge in [-0.2, -0.15) is 5.06 Å². The van der Waals surface area contributed by atoms with Crippen LogP contribution in [0.25, 0.3) is 0 Å². The Kier molecular flexibility index (Phi) is 6.19. The first-order chi connectivity index (χ1) is 14.5. The summed E-state index contributed by atoms with van der Waals surface area (Å²) in [4.78, 5) is 5.57. The molecule has 0 radical (unpaired) electrons. The van der Waals surface area contributed by atoms with E-state index < -0.39 is 21.3 Å². The van der Waals surface area contributed by atoms with Crippen LogP contribution in [0.3, 0.4) is 0 Å². The lowest BCUT2D eigenvalue weighted by Crippen LogP contribution is -2.39. The molecule has 3 aromatic rings. The first-order valence-corrected chi connectivity index (χ1v) is 11.2. The molecule has 0 saturated carbocycles. The van der Waals surface area contributed by atoms with Crippen LogP contribution >= 0.6 is 0 Å². The number of hydroxylamine groups is 2. The van der Waals surface area contributed by atoms with E-state index in [-0.39, 0.29) is 13.2 Å². The average Bonchev–Trinajstić information content (AvgIpc) is 3.42. The van der Waals surface area contributed by atoms with E-state index in [4.69, 9.17) is 14.0 Å².